The second-order valence-corrected chi connectivity index (χ2v) is 15.7. The fourth-order valence-corrected chi connectivity index (χ4v) is 11.8. The molecule has 7 fully saturated rings. The van der Waals surface area contributed by atoms with Gasteiger partial charge in [0, 0.05) is 60.7 Å². The maximum atomic E-state index is 12.9. The van der Waals surface area contributed by atoms with E-state index in [-0.39, 0.29) is 25.4 Å². The number of nitrogens with zero attached hydrogens (tertiary/aromatic N) is 1. The highest BCUT2D eigenvalue weighted by Gasteiger charge is 2.88. The van der Waals surface area contributed by atoms with E-state index >= 15 is 0 Å². The molecular weight excluding hydrogens is 542 g/mol. The molecule has 0 aromatic rings. The highest BCUT2D eigenvalue weighted by atomic mass is 16.7. The molecule has 3 heterocycles. The van der Waals surface area contributed by atoms with Crippen molar-refractivity contribution in [3.63, 3.8) is 0 Å². The van der Waals surface area contributed by atoms with Crippen molar-refractivity contribution in [3.05, 3.63) is 11.6 Å². The number of hydrogen-bond donors (Lipinski definition) is 6. The van der Waals surface area contributed by atoms with E-state index in [1.165, 1.54) is 0 Å². The Labute approximate surface area is 247 Å². The molecule has 2 unspecified atom stereocenters. The van der Waals surface area contributed by atoms with Crippen molar-refractivity contribution in [2.75, 3.05) is 13.1 Å². The summed E-state index contributed by atoms with van der Waals surface area (Å²) in [6, 6.07) is -0.387. The zero-order valence-electron chi connectivity index (χ0n) is 25.5. The number of piperidine rings is 2. The van der Waals surface area contributed by atoms with E-state index in [9.17, 15) is 35.4 Å². The van der Waals surface area contributed by atoms with Crippen LogP contribution in [0.4, 0.5) is 0 Å². The van der Waals surface area contributed by atoms with E-state index in [1.54, 1.807) is 26.8 Å². The molecular formula is C32H49NO9. The zero-order chi connectivity index (χ0) is 30.5. The van der Waals surface area contributed by atoms with Crippen LogP contribution in [0, 0.1) is 29.1 Å². The van der Waals surface area contributed by atoms with E-state index in [2.05, 4.69) is 11.8 Å². The zero-order valence-corrected chi connectivity index (χ0v) is 25.5. The van der Waals surface area contributed by atoms with Gasteiger partial charge in [0.1, 0.15) is 22.4 Å². The van der Waals surface area contributed by atoms with E-state index < -0.39 is 75.1 Å². The molecule has 10 heteroatoms. The van der Waals surface area contributed by atoms with Crippen LogP contribution in [-0.2, 0) is 14.3 Å². The fourth-order valence-electron chi connectivity index (χ4n) is 11.8. The normalized spacial score (nSPS) is 60.3. The van der Waals surface area contributed by atoms with Gasteiger partial charge in [0.25, 0.3) is 0 Å². The predicted molar refractivity (Wildman–Crippen MR) is 150 cm³/mol. The summed E-state index contributed by atoms with van der Waals surface area (Å²) in [6.07, 6.45) is 2.30. The number of ether oxygens (including phenoxy) is 2. The van der Waals surface area contributed by atoms with Crippen molar-refractivity contribution < 1.29 is 44.9 Å². The number of carbonyl (C=O) groups is 1. The molecule has 0 aromatic heterocycles. The average molecular weight is 592 g/mol. The van der Waals surface area contributed by atoms with E-state index in [1.807, 2.05) is 6.92 Å². The van der Waals surface area contributed by atoms with Gasteiger partial charge in [0.2, 0.25) is 5.79 Å². The van der Waals surface area contributed by atoms with Crippen molar-refractivity contribution in [2.24, 2.45) is 29.1 Å². The Balaban J connectivity index is 1.32. The van der Waals surface area contributed by atoms with E-state index in [0.29, 0.717) is 50.1 Å². The molecule has 42 heavy (non-hydrogen) atoms. The lowest BCUT2D eigenvalue weighted by molar-refractivity contribution is -0.354. The smallest absolute Gasteiger partial charge is 0.333 e. The molecule has 4 aliphatic carbocycles. The first-order chi connectivity index (χ1) is 19.5. The summed E-state index contributed by atoms with van der Waals surface area (Å²) in [7, 11) is 0. The summed E-state index contributed by atoms with van der Waals surface area (Å²) < 4.78 is 12.6. The Morgan fingerprint density at radius 1 is 0.952 bits per heavy atom. The van der Waals surface area contributed by atoms with Crippen LogP contribution in [0.1, 0.15) is 86.0 Å². The van der Waals surface area contributed by atoms with E-state index in [4.69, 9.17) is 9.47 Å². The lowest BCUT2D eigenvalue weighted by atomic mass is 9.49. The molecule has 236 valence electrons. The molecule has 1 spiro atoms. The summed E-state index contributed by atoms with van der Waals surface area (Å²) >= 11 is 0. The lowest BCUT2D eigenvalue weighted by Crippen LogP contribution is -2.85. The molecule has 10 nitrogen and oxygen atoms in total. The van der Waals surface area contributed by atoms with Crippen LogP contribution >= 0.6 is 0 Å². The van der Waals surface area contributed by atoms with Crippen molar-refractivity contribution in [1.82, 2.24) is 4.90 Å². The standard InChI is InChI=1S/C32H49NO9/c1-6-18(3)25(35)41-24-11-12-26(4)19-8-9-20-28(37)13-23(34)31(39)21(29(28,38)16-30(20,26)42-32(19,24)40)15-33-14-17(2)7-10-22(33)27(31,5)36/h6,17,19-24,34,36-40H,7-16H2,1-5H3/b18-6-/t17-,19?,20?,21-,22-,23-,24-,26-,27+,28+,29+,30+,31-,32-/m0/s1. The lowest BCUT2D eigenvalue weighted by Gasteiger charge is -2.68. The Kier molecular flexibility index (Phi) is 6.04. The molecule has 4 bridgehead atoms. The molecule has 3 saturated heterocycles. The molecule has 3 aliphatic heterocycles. The minimum absolute atomic E-state index is 0.0606. The fraction of sp³-hybridized carbons (Fsp3) is 0.906. The van der Waals surface area contributed by atoms with Gasteiger partial charge in [-0.05, 0) is 65.2 Å². The monoisotopic (exact) mass is 591 g/mol. The number of fused-ring (bicyclic) bond motifs is 5. The molecule has 6 N–H and O–H groups in total. The van der Waals surface area contributed by atoms with E-state index in [0.717, 1.165) is 6.42 Å². The molecule has 0 aromatic carbocycles. The topological polar surface area (TPSA) is 160 Å². The van der Waals surface area contributed by atoms with Gasteiger partial charge in [0.15, 0.2) is 6.10 Å². The number of aliphatic hydroxyl groups excluding tert-OH is 1. The number of allylic oxidation sites excluding steroid dienone is 1. The Morgan fingerprint density at radius 3 is 2.33 bits per heavy atom. The van der Waals surface area contributed by atoms with Crippen molar-refractivity contribution in [2.45, 2.75) is 138 Å². The van der Waals surface area contributed by atoms with Crippen LogP contribution in [0.15, 0.2) is 11.6 Å². The largest absolute Gasteiger partial charge is 0.453 e. The van der Waals surface area contributed by atoms with Crippen LogP contribution in [-0.4, -0.2) is 107 Å². The molecule has 14 atom stereocenters. The van der Waals surface area contributed by atoms with Crippen molar-refractivity contribution in [3.8, 4) is 0 Å². The molecule has 7 rings (SSSR count). The third-order valence-electron chi connectivity index (χ3n) is 14.1. The highest BCUT2D eigenvalue weighted by Crippen LogP contribution is 2.78. The molecule has 4 saturated carbocycles. The quantitative estimate of drug-likeness (QED) is 0.202. The summed E-state index contributed by atoms with van der Waals surface area (Å²) in [5.74, 6) is -4.05. The second-order valence-electron chi connectivity index (χ2n) is 15.7. The molecule has 0 amide bonds. The van der Waals surface area contributed by atoms with Crippen LogP contribution < -0.4 is 0 Å². The number of esters is 1. The van der Waals surface area contributed by atoms with Gasteiger partial charge >= 0.3 is 5.97 Å². The maximum Gasteiger partial charge on any atom is 0.333 e. The minimum atomic E-state index is -2.06. The van der Waals surface area contributed by atoms with Gasteiger partial charge in [-0.1, -0.05) is 19.9 Å². The predicted octanol–water partition coefficient (Wildman–Crippen LogP) is 0.991. The summed E-state index contributed by atoms with van der Waals surface area (Å²) in [6.45, 7) is 10.1. The first kappa shape index (κ1) is 29.6. The third kappa shape index (κ3) is 3.07. The first-order valence-electron chi connectivity index (χ1n) is 16.0. The number of rotatable bonds is 2. The SMILES string of the molecule is C/C=C(/C)C(=O)O[C@H]1CC[C@@]2(C)C3CCC4[C@]5(O)C[C@H](O)[C@@]6(O)[C@@H](CN7C[C@@H](C)CC[C@H]7[C@@]6(C)O)[C@]5(O)C[C@@]42O[C@@]31O. The van der Waals surface area contributed by atoms with Gasteiger partial charge < -0.3 is 40.1 Å². The Hall–Kier alpha value is -1.11. The Bertz CT molecular complexity index is 1220. The number of hydrogen-bond acceptors (Lipinski definition) is 10. The highest BCUT2D eigenvalue weighted by molar-refractivity contribution is 5.87. The van der Waals surface area contributed by atoms with Gasteiger partial charge in [-0.15, -0.1) is 0 Å². The molecule has 0 radical (unpaired) electrons. The molecule has 7 aliphatic rings. The van der Waals surface area contributed by atoms with Crippen LogP contribution in [0.5, 0.6) is 0 Å². The third-order valence-corrected chi connectivity index (χ3v) is 14.1. The summed E-state index contributed by atoms with van der Waals surface area (Å²) in [5, 5.41) is 73.9. The first-order valence-corrected chi connectivity index (χ1v) is 16.0. The van der Waals surface area contributed by atoms with Crippen LogP contribution in [0.2, 0.25) is 0 Å². The second kappa shape index (κ2) is 8.57. The van der Waals surface area contributed by atoms with Gasteiger partial charge in [-0.2, -0.15) is 0 Å². The number of carbonyl (C=O) groups excluding carboxylic acids is 1. The van der Waals surface area contributed by atoms with Crippen molar-refractivity contribution >= 4 is 5.97 Å². The minimum Gasteiger partial charge on any atom is -0.453 e. The summed E-state index contributed by atoms with van der Waals surface area (Å²) in [5.41, 5.74) is -8.96. The van der Waals surface area contributed by atoms with Crippen LogP contribution in [0.3, 0.4) is 0 Å². The van der Waals surface area contributed by atoms with Gasteiger partial charge in [-0.3, -0.25) is 4.90 Å². The Morgan fingerprint density at radius 2 is 1.64 bits per heavy atom. The van der Waals surface area contributed by atoms with Crippen LogP contribution in [0.25, 0.3) is 0 Å². The van der Waals surface area contributed by atoms with Crippen molar-refractivity contribution in [1.29, 1.82) is 0 Å². The van der Waals surface area contributed by atoms with Gasteiger partial charge in [-0.25, -0.2) is 4.79 Å². The summed E-state index contributed by atoms with van der Waals surface area (Å²) in [4.78, 5) is 14.9. The maximum absolute atomic E-state index is 12.9. The number of aliphatic hydroxyl groups is 6. The van der Waals surface area contributed by atoms with Gasteiger partial charge in [0.05, 0.1) is 11.7 Å². The average Bonchev–Trinajstić information content (AvgIpc) is 3.09.